The highest BCUT2D eigenvalue weighted by molar-refractivity contribution is 6.33. The number of para-hydroxylation sites is 1. The van der Waals surface area contributed by atoms with Gasteiger partial charge in [-0.05, 0) is 42.5 Å². The van der Waals surface area contributed by atoms with Crippen LogP contribution in [-0.2, 0) is 11.3 Å². The fraction of sp³-hybridized carbons (Fsp3) is 0.100. The van der Waals surface area contributed by atoms with E-state index < -0.39 is 5.82 Å². The maximum Gasteiger partial charge on any atom is 0.275 e. The van der Waals surface area contributed by atoms with E-state index in [0.717, 1.165) is 0 Å². The highest BCUT2D eigenvalue weighted by Gasteiger charge is 2.13. The molecule has 0 fully saturated rings. The number of hydrogen-bond donors (Lipinski definition) is 1. The third-order valence-electron chi connectivity index (χ3n) is 4.41. The van der Waals surface area contributed by atoms with Gasteiger partial charge in [0.2, 0.25) is 5.91 Å². The molecule has 0 saturated carbocycles. The van der Waals surface area contributed by atoms with Crippen molar-refractivity contribution in [1.82, 2.24) is 8.97 Å². The number of aryl methyl sites for hydroxylation is 1. The molecule has 0 aliphatic heterocycles. The summed E-state index contributed by atoms with van der Waals surface area (Å²) in [4.78, 5) is 25.1. The molecule has 2 aromatic heterocycles. The number of aromatic nitrogens is 2. The summed E-state index contributed by atoms with van der Waals surface area (Å²) in [7, 11) is 0. The van der Waals surface area contributed by atoms with Crippen molar-refractivity contribution < 1.29 is 9.18 Å². The monoisotopic (exact) mass is 383 g/mol. The van der Waals surface area contributed by atoms with Gasteiger partial charge in [0.05, 0.1) is 21.7 Å². The lowest BCUT2D eigenvalue weighted by Gasteiger charge is -2.13. The van der Waals surface area contributed by atoms with Crippen molar-refractivity contribution in [2.24, 2.45) is 0 Å². The van der Waals surface area contributed by atoms with Crippen LogP contribution in [0.1, 0.15) is 6.42 Å². The standard InChI is InChI=1S/C20H15ClFN3O2/c21-14-4-1-2-5-15(14)23-19(26)9-11-25-18-12-13(22)7-8-16(18)24-10-3-6-17(24)20(25)27/h1-8,10,12H,9,11H2,(H,23,26). The van der Waals surface area contributed by atoms with Gasteiger partial charge in [-0.25, -0.2) is 4.39 Å². The van der Waals surface area contributed by atoms with Crippen molar-refractivity contribution in [3.63, 3.8) is 0 Å². The first-order chi connectivity index (χ1) is 13.0. The topological polar surface area (TPSA) is 55.5 Å². The van der Waals surface area contributed by atoms with Crippen molar-refractivity contribution in [1.29, 1.82) is 0 Å². The number of carbonyl (C=O) groups excluding carboxylic acids is 1. The molecule has 0 spiro atoms. The van der Waals surface area contributed by atoms with E-state index in [1.807, 2.05) is 0 Å². The van der Waals surface area contributed by atoms with Crippen LogP contribution in [0.2, 0.25) is 5.02 Å². The predicted molar refractivity (Wildman–Crippen MR) is 104 cm³/mol. The molecule has 0 aliphatic rings. The molecule has 0 bridgehead atoms. The zero-order valence-corrected chi connectivity index (χ0v) is 14.9. The third-order valence-corrected chi connectivity index (χ3v) is 4.74. The maximum absolute atomic E-state index is 13.8. The van der Waals surface area contributed by atoms with E-state index in [9.17, 15) is 14.0 Å². The Labute approximate surface area is 158 Å². The molecule has 2 heterocycles. The largest absolute Gasteiger partial charge is 0.325 e. The van der Waals surface area contributed by atoms with Crippen molar-refractivity contribution in [3.05, 3.63) is 82.0 Å². The summed E-state index contributed by atoms with van der Waals surface area (Å²) in [6.45, 7) is 0.122. The minimum Gasteiger partial charge on any atom is -0.325 e. The fourth-order valence-electron chi connectivity index (χ4n) is 3.14. The fourth-order valence-corrected chi connectivity index (χ4v) is 3.32. The second kappa shape index (κ2) is 6.89. The lowest BCUT2D eigenvalue weighted by molar-refractivity contribution is -0.116. The number of rotatable bonds is 4. The van der Waals surface area contributed by atoms with Crippen LogP contribution >= 0.6 is 11.6 Å². The normalized spacial score (nSPS) is 11.2. The number of amides is 1. The van der Waals surface area contributed by atoms with Crippen molar-refractivity contribution in [2.75, 3.05) is 5.32 Å². The van der Waals surface area contributed by atoms with E-state index in [1.54, 1.807) is 53.1 Å². The minimum absolute atomic E-state index is 0.0492. The Kier molecular flexibility index (Phi) is 4.41. The van der Waals surface area contributed by atoms with Crippen LogP contribution in [0, 0.1) is 5.82 Å². The first kappa shape index (κ1) is 17.3. The van der Waals surface area contributed by atoms with Gasteiger partial charge < -0.3 is 14.3 Å². The van der Waals surface area contributed by atoms with E-state index in [0.29, 0.717) is 27.3 Å². The number of anilines is 1. The van der Waals surface area contributed by atoms with Gasteiger partial charge in [0.15, 0.2) is 0 Å². The second-order valence-electron chi connectivity index (χ2n) is 6.13. The van der Waals surface area contributed by atoms with Crippen molar-refractivity contribution >= 4 is 39.7 Å². The quantitative estimate of drug-likeness (QED) is 0.577. The zero-order chi connectivity index (χ0) is 19.0. The van der Waals surface area contributed by atoms with Crippen LogP contribution in [0.15, 0.2) is 65.6 Å². The highest BCUT2D eigenvalue weighted by atomic mass is 35.5. The van der Waals surface area contributed by atoms with Crippen molar-refractivity contribution in [2.45, 2.75) is 13.0 Å². The SMILES string of the molecule is O=C(CCn1c(=O)c2cccn2c2ccc(F)cc21)Nc1ccccc1Cl. The van der Waals surface area contributed by atoms with Crippen LogP contribution in [0.4, 0.5) is 10.1 Å². The average Bonchev–Trinajstić information content (AvgIpc) is 3.13. The van der Waals surface area contributed by atoms with Crippen LogP contribution < -0.4 is 10.9 Å². The Morgan fingerprint density at radius 1 is 1.04 bits per heavy atom. The van der Waals surface area contributed by atoms with Gasteiger partial charge in [0.1, 0.15) is 11.3 Å². The third kappa shape index (κ3) is 3.19. The van der Waals surface area contributed by atoms with E-state index >= 15 is 0 Å². The molecule has 0 radical (unpaired) electrons. The van der Waals surface area contributed by atoms with E-state index in [1.165, 1.54) is 16.7 Å². The molecule has 0 unspecified atom stereocenters. The van der Waals surface area contributed by atoms with Gasteiger partial charge >= 0.3 is 0 Å². The molecular formula is C20H15ClFN3O2. The van der Waals surface area contributed by atoms with Gasteiger partial charge in [0, 0.05) is 19.2 Å². The Hall–Kier alpha value is -3.12. The number of benzene rings is 2. The summed E-state index contributed by atoms with van der Waals surface area (Å²) in [5.41, 5.74) is 1.84. The summed E-state index contributed by atoms with van der Waals surface area (Å²) >= 11 is 6.04. The molecule has 7 heteroatoms. The van der Waals surface area contributed by atoms with E-state index in [4.69, 9.17) is 11.6 Å². The van der Waals surface area contributed by atoms with Gasteiger partial charge in [0.25, 0.3) is 5.56 Å². The van der Waals surface area contributed by atoms with Gasteiger partial charge in [-0.1, -0.05) is 23.7 Å². The smallest absolute Gasteiger partial charge is 0.275 e. The maximum atomic E-state index is 13.8. The molecular weight excluding hydrogens is 369 g/mol. The summed E-state index contributed by atoms with van der Waals surface area (Å²) in [5.74, 6) is -0.725. The Balaban J connectivity index is 1.67. The molecule has 0 saturated heterocycles. The molecule has 136 valence electrons. The van der Waals surface area contributed by atoms with Crippen LogP contribution in [0.5, 0.6) is 0 Å². The van der Waals surface area contributed by atoms with Crippen LogP contribution in [-0.4, -0.2) is 14.9 Å². The number of nitrogens with one attached hydrogen (secondary N) is 1. The van der Waals surface area contributed by atoms with E-state index in [-0.39, 0.29) is 24.4 Å². The van der Waals surface area contributed by atoms with E-state index in [2.05, 4.69) is 5.32 Å². The summed E-state index contributed by atoms with van der Waals surface area (Å²) in [6.07, 6.45) is 1.80. The molecule has 4 rings (SSSR count). The number of fused-ring (bicyclic) bond motifs is 3. The second-order valence-corrected chi connectivity index (χ2v) is 6.54. The van der Waals surface area contributed by atoms with Gasteiger partial charge in [-0.15, -0.1) is 0 Å². The molecule has 0 aliphatic carbocycles. The average molecular weight is 384 g/mol. The highest BCUT2D eigenvalue weighted by Crippen LogP contribution is 2.21. The molecule has 5 nitrogen and oxygen atoms in total. The molecule has 0 atom stereocenters. The minimum atomic E-state index is -0.442. The first-order valence-corrected chi connectivity index (χ1v) is 8.76. The predicted octanol–water partition coefficient (Wildman–Crippen LogP) is 4.08. The molecule has 1 N–H and O–H groups in total. The Bertz CT molecular complexity index is 1230. The molecule has 27 heavy (non-hydrogen) atoms. The molecule has 1 amide bonds. The summed E-state index contributed by atoms with van der Waals surface area (Å²) in [5, 5.41) is 3.16. The number of nitrogens with zero attached hydrogens (tertiary/aromatic N) is 2. The Morgan fingerprint density at radius 3 is 2.67 bits per heavy atom. The van der Waals surface area contributed by atoms with Gasteiger partial charge in [-0.2, -0.15) is 0 Å². The number of carbonyl (C=O) groups is 1. The lowest BCUT2D eigenvalue weighted by atomic mass is 10.2. The lowest BCUT2D eigenvalue weighted by Crippen LogP contribution is -2.25. The van der Waals surface area contributed by atoms with Crippen LogP contribution in [0.3, 0.4) is 0 Å². The van der Waals surface area contributed by atoms with Gasteiger partial charge in [-0.3, -0.25) is 9.59 Å². The molecule has 4 aromatic rings. The summed E-state index contributed by atoms with van der Waals surface area (Å²) < 4.78 is 16.9. The number of halogens is 2. The first-order valence-electron chi connectivity index (χ1n) is 8.38. The molecule has 2 aromatic carbocycles. The Morgan fingerprint density at radius 2 is 1.85 bits per heavy atom. The number of hydrogen-bond acceptors (Lipinski definition) is 2. The van der Waals surface area contributed by atoms with Crippen molar-refractivity contribution in [3.8, 4) is 0 Å². The van der Waals surface area contributed by atoms with Crippen LogP contribution in [0.25, 0.3) is 16.6 Å². The zero-order valence-electron chi connectivity index (χ0n) is 14.2. The summed E-state index contributed by atoms with van der Waals surface area (Å²) in [6, 6.07) is 14.6.